The zero-order chi connectivity index (χ0) is 40.5. The van der Waals surface area contributed by atoms with Gasteiger partial charge >= 0.3 is 23.5 Å². The van der Waals surface area contributed by atoms with Crippen LogP contribution < -0.4 is 16.4 Å². The summed E-state index contributed by atoms with van der Waals surface area (Å²) in [6.07, 6.45) is -3.04. The molecule has 7 atom stereocenters. The number of ether oxygens (including phenoxy) is 1. The fourth-order valence-electron chi connectivity index (χ4n) is 4.54. The number of allylic oxidation sites excluding steroid dienone is 1. The predicted molar refractivity (Wildman–Crippen MR) is 187 cm³/mol. The lowest BCUT2D eigenvalue weighted by molar-refractivity contribution is -0.137. The highest BCUT2D eigenvalue weighted by Crippen LogP contribution is 2.61. The molecule has 28 heteroatoms. The van der Waals surface area contributed by atoms with Crippen molar-refractivity contribution >= 4 is 69.1 Å². The van der Waals surface area contributed by atoms with E-state index in [0.29, 0.717) is 12.2 Å². The first-order chi connectivity index (χ1) is 25.1. The van der Waals surface area contributed by atoms with Gasteiger partial charge in [-0.2, -0.15) is 4.31 Å². The number of thioether (sulfide) groups is 1. The number of hydrogen-bond acceptors (Lipinski definition) is 18. The highest BCUT2D eigenvalue weighted by molar-refractivity contribution is 8.14. The molecule has 54 heavy (non-hydrogen) atoms. The second-order valence-electron chi connectivity index (χ2n) is 12.0. The standard InChI is InChI=1S/C26H42N7O17P3S/c1-4-5-6-17(35)54-10-9-28-16(34)7-8-29-24(38)21(37)26(2,3)12-47-53(44,45)50-52(42,43)46-11-15-20(49-51(39,40)41)19(36)25(48-15)33-14-32-18-22(27)30-13-31-23(18)33/h5-6,13-15,19-21,25,36-37H,4,7-12H2,1-3H3,(H,28,34)(H,29,38)(H,42,43)(H,44,45)(H2,27,30,31)(H2,39,40,41)/b6-5+/t15-,19-,20-,21?,25-/m1/s1. The van der Waals surface area contributed by atoms with Gasteiger partial charge < -0.3 is 50.9 Å². The van der Waals surface area contributed by atoms with Crippen molar-refractivity contribution < 1.29 is 80.5 Å². The van der Waals surface area contributed by atoms with Crippen LogP contribution in [-0.4, -0.2) is 123 Å². The zero-order valence-electron chi connectivity index (χ0n) is 28.9. The molecule has 3 rings (SSSR count). The SMILES string of the molecule is CC/C=C/C(=O)SCCNC(=O)CCNC(=O)C(O)C(C)(C)COP(=O)(O)OP(=O)(O)OC[C@H]1O[C@@H](n2cnc3c(N)ncnc32)[C@H](O)[C@@H]1OP(=O)(O)O. The van der Waals surface area contributed by atoms with E-state index in [4.69, 9.17) is 19.5 Å². The number of nitrogens with two attached hydrogens (primary N) is 1. The molecule has 1 saturated heterocycles. The van der Waals surface area contributed by atoms with E-state index in [9.17, 15) is 57.9 Å². The van der Waals surface area contributed by atoms with E-state index in [1.807, 2.05) is 6.92 Å². The minimum atomic E-state index is -5.57. The van der Waals surface area contributed by atoms with Crippen molar-refractivity contribution in [2.24, 2.45) is 5.41 Å². The molecule has 2 amide bonds. The number of nitrogen functional groups attached to an aromatic ring is 1. The third-order valence-corrected chi connectivity index (χ3v) is 11.2. The Labute approximate surface area is 311 Å². The summed E-state index contributed by atoms with van der Waals surface area (Å²) in [6, 6.07) is 0. The van der Waals surface area contributed by atoms with E-state index in [-0.39, 0.29) is 41.6 Å². The number of rotatable bonds is 21. The number of nitrogens with zero attached hydrogens (tertiary/aromatic N) is 4. The maximum absolute atomic E-state index is 12.6. The molecule has 1 aliphatic heterocycles. The fraction of sp³-hybridized carbons (Fsp3) is 0.615. The largest absolute Gasteiger partial charge is 0.481 e. The van der Waals surface area contributed by atoms with Crippen molar-refractivity contribution in [1.29, 1.82) is 0 Å². The second-order valence-corrected chi connectivity index (χ2v) is 17.4. The summed E-state index contributed by atoms with van der Waals surface area (Å²) < 4.78 is 62.0. The number of aromatic nitrogens is 4. The second kappa shape index (κ2) is 19.4. The Morgan fingerprint density at radius 3 is 2.44 bits per heavy atom. The van der Waals surface area contributed by atoms with Gasteiger partial charge in [-0.05, 0) is 12.5 Å². The molecule has 3 heterocycles. The lowest BCUT2D eigenvalue weighted by atomic mass is 9.87. The van der Waals surface area contributed by atoms with Crippen LogP contribution in [0, 0.1) is 5.41 Å². The summed E-state index contributed by atoms with van der Waals surface area (Å²) in [4.78, 5) is 86.9. The number of nitrogens with one attached hydrogen (secondary N) is 2. The van der Waals surface area contributed by atoms with Crippen LogP contribution in [-0.2, 0) is 50.7 Å². The van der Waals surface area contributed by atoms with Gasteiger partial charge in [0.15, 0.2) is 17.7 Å². The molecule has 2 aromatic rings. The Kier molecular flexibility index (Phi) is 16.4. The summed E-state index contributed by atoms with van der Waals surface area (Å²) in [5.41, 5.74) is 4.26. The molecule has 0 saturated carbocycles. The Balaban J connectivity index is 1.51. The number of carbonyl (C=O) groups is 3. The molecule has 1 aliphatic rings. The monoisotopic (exact) mass is 849 g/mol. The van der Waals surface area contributed by atoms with Crippen molar-refractivity contribution in [3.8, 4) is 0 Å². The van der Waals surface area contributed by atoms with Crippen molar-refractivity contribution in [1.82, 2.24) is 30.2 Å². The molecule has 0 bridgehead atoms. The minimum absolute atomic E-state index is 0.0303. The van der Waals surface area contributed by atoms with Crippen LogP contribution in [0.4, 0.5) is 5.82 Å². The summed E-state index contributed by atoms with van der Waals surface area (Å²) >= 11 is 1.02. The van der Waals surface area contributed by atoms with Crippen molar-refractivity contribution in [3.63, 3.8) is 0 Å². The van der Waals surface area contributed by atoms with E-state index in [0.717, 1.165) is 29.0 Å². The molecular weight excluding hydrogens is 807 g/mol. The molecule has 0 aromatic carbocycles. The van der Waals surface area contributed by atoms with Gasteiger partial charge in [0.1, 0.15) is 36.3 Å². The number of amides is 2. The molecule has 2 aromatic heterocycles. The Morgan fingerprint density at radius 2 is 1.78 bits per heavy atom. The van der Waals surface area contributed by atoms with Crippen molar-refractivity contribution in [3.05, 3.63) is 24.8 Å². The molecule has 3 unspecified atom stereocenters. The van der Waals surface area contributed by atoms with Crippen molar-refractivity contribution in [2.75, 3.05) is 37.8 Å². The highest BCUT2D eigenvalue weighted by atomic mass is 32.2. The molecule has 0 aliphatic carbocycles. The van der Waals surface area contributed by atoms with Gasteiger partial charge in [-0.25, -0.2) is 28.6 Å². The average molecular weight is 850 g/mol. The van der Waals surface area contributed by atoms with E-state index >= 15 is 0 Å². The van der Waals surface area contributed by atoms with Crippen LogP contribution in [0.5, 0.6) is 0 Å². The van der Waals surface area contributed by atoms with Crippen LogP contribution in [0.25, 0.3) is 11.2 Å². The highest BCUT2D eigenvalue weighted by Gasteiger charge is 2.50. The van der Waals surface area contributed by atoms with E-state index in [2.05, 4.69) is 34.4 Å². The summed E-state index contributed by atoms with van der Waals surface area (Å²) in [6.45, 7) is 2.37. The summed E-state index contributed by atoms with van der Waals surface area (Å²) in [5, 5.41) is 26.1. The number of phosphoric ester groups is 3. The normalized spacial score (nSPS) is 22.2. The number of phosphoric acid groups is 3. The van der Waals surface area contributed by atoms with Crippen LogP contribution in [0.2, 0.25) is 0 Å². The number of aliphatic hydroxyl groups is 2. The maximum Gasteiger partial charge on any atom is 0.481 e. The number of anilines is 1. The lowest BCUT2D eigenvalue weighted by Gasteiger charge is -2.30. The summed E-state index contributed by atoms with van der Waals surface area (Å²) in [7, 11) is -16.4. The van der Waals surface area contributed by atoms with E-state index in [1.165, 1.54) is 19.9 Å². The Hall–Kier alpha value is -2.70. The molecular formula is C26H42N7O17P3S. The molecule has 10 N–H and O–H groups in total. The molecule has 304 valence electrons. The fourth-order valence-corrected chi connectivity index (χ4v) is 7.97. The average Bonchev–Trinajstić information content (AvgIpc) is 3.63. The van der Waals surface area contributed by atoms with Gasteiger partial charge in [0.2, 0.25) is 16.9 Å². The van der Waals surface area contributed by atoms with Gasteiger partial charge in [0, 0.05) is 30.7 Å². The summed E-state index contributed by atoms with van der Waals surface area (Å²) in [5.74, 6) is -1.13. The quantitative estimate of drug-likeness (QED) is 0.0439. The third-order valence-electron chi connectivity index (χ3n) is 7.24. The van der Waals surface area contributed by atoms with Gasteiger partial charge in [-0.3, -0.25) is 32.5 Å². The molecule has 1 fully saturated rings. The predicted octanol–water partition coefficient (Wildman–Crippen LogP) is -0.369. The van der Waals surface area contributed by atoms with E-state index < -0.39 is 84.6 Å². The van der Waals surface area contributed by atoms with Gasteiger partial charge in [0.05, 0.1) is 19.5 Å². The first-order valence-electron chi connectivity index (χ1n) is 15.8. The lowest BCUT2D eigenvalue weighted by Crippen LogP contribution is -2.46. The zero-order valence-corrected chi connectivity index (χ0v) is 32.4. The topological polar surface area (TPSA) is 364 Å². The molecule has 0 spiro atoms. The number of fused-ring (bicyclic) bond motifs is 1. The number of hydrogen-bond donors (Lipinski definition) is 9. The minimum Gasteiger partial charge on any atom is -0.386 e. The van der Waals surface area contributed by atoms with Crippen LogP contribution in [0.3, 0.4) is 0 Å². The first-order valence-corrected chi connectivity index (χ1v) is 21.3. The smallest absolute Gasteiger partial charge is 0.386 e. The number of aliphatic hydroxyl groups excluding tert-OH is 2. The van der Waals surface area contributed by atoms with Crippen molar-refractivity contribution in [2.45, 2.75) is 64.3 Å². The van der Waals surface area contributed by atoms with Gasteiger partial charge in [0.25, 0.3) is 0 Å². The van der Waals surface area contributed by atoms with Crippen LogP contribution >= 0.6 is 35.2 Å². The van der Waals surface area contributed by atoms with E-state index in [1.54, 1.807) is 6.08 Å². The Bertz CT molecular complexity index is 1810. The molecule has 24 nitrogen and oxygen atoms in total. The van der Waals surface area contributed by atoms with Gasteiger partial charge in [-0.15, -0.1) is 0 Å². The first kappa shape index (κ1) is 45.7. The number of imidazole rings is 1. The maximum atomic E-state index is 12.6. The third kappa shape index (κ3) is 13.8. The van der Waals surface area contributed by atoms with Crippen LogP contribution in [0.15, 0.2) is 24.8 Å². The molecule has 0 radical (unpaired) electrons. The Morgan fingerprint density at radius 1 is 1.09 bits per heavy atom. The van der Waals surface area contributed by atoms with Crippen LogP contribution in [0.1, 0.15) is 39.8 Å². The van der Waals surface area contributed by atoms with Gasteiger partial charge in [-0.1, -0.05) is 38.6 Å². The number of carbonyl (C=O) groups excluding carboxylic acids is 3.